The fourth-order valence-corrected chi connectivity index (χ4v) is 3.26. The lowest BCUT2D eigenvalue weighted by molar-refractivity contribution is -0.139. The molecule has 7 heteroatoms. The first-order valence-electron chi connectivity index (χ1n) is 8.89. The number of aromatic hydroxyl groups is 1. The SMILES string of the molecule is CC(Oc1ccc(-c2nc3ccccc3o2)cc1O)C(=O)C1C(=O)CCC1=O. The zero-order chi connectivity index (χ0) is 19.8. The molecule has 2 aromatic carbocycles. The molecule has 0 aliphatic heterocycles. The molecular formula is C21H17NO6. The molecule has 0 bridgehead atoms. The van der Waals surface area contributed by atoms with Crippen LogP contribution in [0.15, 0.2) is 46.9 Å². The minimum absolute atomic E-state index is 0.0682. The zero-order valence-electron chi connectivity index (χ0n) is 15.0. The van der Waals surface area contributed by atoms with Gasteiger partial charge in [0.05, 0.1) is 0 Å². The van der Waals surface area contributed by atoms with E-state index < -0.39 is 17.8 Å². The van der Waals surface area contributed by atoms with Gasteiger partial charge < -0.3 is 14.3 Å². The van der Waals surface area contributed by atoms with Crippen LogP contribution >= 0.6 is 0 Å². The van der Waals surface area contributed by atoms with Crippen molar-refractivity contribution in [2.24, 2.45) is 5.92 Å². The highest BCUT2D eigenvalue weighted by Gasteiger charge is 2.41. The summed E-state index contributed by atoms with van der Waals surface area (Å²) in [5.41, 5.74) is 1.87. The number of phenolic OH excluding ortho intramolecular Hbond substituents is 1. The van der Waals surface area contributed by atoms with Gasteiger partial charge in [-0.05, 0) is 37.3 Å². The number of carbonyl (C=O) groups excluding carboxylic acids is 3. The molecular weight excluding hydrogens is 362 g/mol. The van der Waals surface area contributed by atoms with Crippen molar-refractivity contribution in [3.63, 3.8) is 0 Å². The third-order valence-electron chi connectivity index (χ3n) is 4.75. The molecule has 0 saturated heterocycles. The fourth-order valence-electron chi connectivity index (χ4n) is 3.26. The Bertz CT molecular complexity index is 1050. The highest BCUT2D eigenvalue weighted by Crippen LogP contribution is 2.33. The van der Waals surface area contributed by atoms with Crippen molar-refractivity contribution in [3.05, 3.63) is 42.5 Å². The van der Waals surface area contributed by atoms with E-state index in [-0.39, 0.29) is 35.9 Å². The number of fused-ring (bicyclic) bond motifs is 1. The normalized spacial score (nSPS) is 15.9. The lowest BCUT2D eigenvalue weighted by Gasteiger charge is -2.17. The summed E-state index contributed by atoms with van der Waals surface area (Å²) in [7, 11) is 0. The summed E-state index contributed by atoms with van der Waals surface area (Å²) < 4.78 is 11.2. The van der Waals surface area contributed by atoms with E-state index in [0.717, 1.165) is 0 Å². The number of ketones is 3. The number of hydrogen-bond donors (Lipinski definition) is 1. The van der Waals surface area contributed by atoms with Crippen molar-refractivity contribution >= 4 is 28.4 Å². The molecule has 1 aliphatic rings. The van der Waals surface area contributed by atoms with Crippen LogP contribution in [0.25, 0.3) is 22.6 Å². The molecule has 1 aromatic heterocycles. The van der Waals surface area contributed by atoms with Crippen LogP contribution in [0, 0.1) is 5.92 Å². The maximum absolute atomic E-state index is 12.4. The fraction of sp³-hybridized carbons (Fsp3) is 0.238. The van der Waals surface area contributed by atoms with Crippen LogP contribution in [0.5, 0.6) is 11.5 Å². The molecule has 1 heterocycles. The van der Waals surface area contributed by atoms with Gasteiger partial charge in [0.25, 0.3) is 0 Å². The third-order valence-corrected chi connectivity index (χ3v) is 4.75. The number of hydrogen-bond acceptors (Lipinski definition) is 7. The van der Waals surface area contributed by atoms with Gasteiger partial charge >= 0.3 is 0 Å². The second-order valence-electron chi connectivity index (χ2n) is 6.70. The molecule has 1 saturated carbocycles. The number of phenols is 1. The number of Topliss-reactive ketones (excluding diaryl/α,β-unsaturated/α-hetero) is 3. The second kappa shape index (κ2) is 6.92. The van der Waals surface area contributed by atoms with E-state index in [1.165, 1.54) is 19.1 Å². The molecule has 142 valence electrons. The smallest absolute Gasteiger partial charge is 0.227 e. The Morgan fingerprint density at radius 2 is 1.89 bits per heavy atom. The number of carbonyl (C=O) groups is 3. The Hall–Kier alpha value is -3.48. The van der Waals surface area contributed by atoms with E-state index in [9.17, 15) is 19.5 Å². The summed E-state index contributed by atoms with van der Waals surface area (Å²) in [5, 5.41) is 10.3. The van der Waals surface area contributed by atoms with E-state index in [1.54, 1.807) is 12.1 Å². The molecule has 1 aliphatic carbocycles. The monoisotopic (exact) mass is 379 g/mol. The molecule has 1 N–H and O–H groups in total. The number of oxazole rings is 1. The first-order valence-corrected chi connectivity index (χ1v) is 8.89. The van der Waals surface area contributed by atoms with Crippen LogP contribution in [0.1, 0.15) is 19.8 Å². The highest BCUT2D eigenvalue weighted by molar-refractivity contribution is 6.24. The van der Waals surface area contributed by atoms with Crippen molar-refractivity contribution in [2.75, 3.05) is 0 Å². The molecule has 0 spiro atoms. The summed E-state index contributed by atoms with van der Waals surface area (Å²) in [6.07, 6.45) is -0.865. The van der Waals surface area contributed by atoms with Gasteiger partial charge in [0.1, 0.15) is 11.4 Å². The van der Waals surface area contributed by atoms with Gasteiger partial charge in [-0.15, -0.1) is 0 Å². The Labute approximate surface area is 159 Å². The maximum atomic E-state index is 12.4. The molecule has 1 unspecified atom stereocenters. The van der Waals surface area contributed by atoms with Crippen LogP contribution < -0.4 is 4.74 Å². The highest BCUT2D eigenvalue weighted by atomic mass is 16.5. The Balaban J connectivity index is 1.54. The van der Waals surface area contributed by atoms with Crippen LogP contribution in [0.3, 0.4) is 0 Å². The molecule has 3 aromatic rings. The topological polar surface area (TPSA) is 107 Å². The standard InChI is InChI=1S/C21H17NO6/c1-11(20(26)19-14(23)7-8-15(19)24)27-18-9-6-12(10-16(18)25)21-22-13-4-2-3-5-17(13)28-21/h2-6,9-11,19,25H,7-8H2,1H3. The number of rotatable bonds is 5. The van der Waals surface area contributed by atoms with Gasteiger partial charge in [-0.1, -0.05) is 12.1 Å². The minimum atomic E-state index is -1.25. The van der Waals surface area contributed by atoms with Gasteiger partial charge in [-0.3, -0.25) is 14.4 Å². The number of benzene rings is 2. The average molecular weight is 379 g/mol. The summed E-state index contributed by atoms with van der Waals surface area (Å²) in [4.78, 5) is 40.3. The second-order valence-corrected chi connectivity index (χ2v) is 6.70. The zero-order valence-corrected chi connectivity index (χ0v) is 15.0. The van der Waals surface area contributed by atoms with Crippen molar-refractivity contribution in [3.8, 4) is 23.0 Å². The summed E-state index contributed by atoms with van der Waals surface area (Å²) in [5.74, 6) is -2.38. The number of ether oxygens (including phenoxy) is 1. The number of aromatic nitrogens is 1. The average Bonchev–Trinajstić information content (AvgIpc) is 3.25. The first kappa shape index (κ1) is 17.9. The van der Waals surface area contributed by atoms with Crippen LogP contribution in [-0.4, -0.2) is 33.5 Å². The van der Waals surface area contributed by atoms with Gasteiger partial charge in [0.15, 0.2) is 40.5 Å². The van der Waals surface area contributed by atoms with Gasteiger partial charge in [-0.25, -0.2) is 4.98 Å². The molecule has 4 rings (SSSR count). The van der Waals surface area contributed by atoms with Crippen molar-refractivity contribution in [1.29, 1.82) is 0 Å². The van der Waals surface area contributed by atoms with Crippen molar-refractivity contribution in [1.82, 2.24) is 4.98 Å². The molecule has 1 fully saturated rings. The van der Waals surface area contributed by atoms with Crippen molar-refractivity contribution < 1.29 is 28.6 Å². The quantitative estimate of drug-likeness (QED) is 0.679. The van der Waals surface area contributed by atoms with Crippen LogP contribution in [0.2, 0.25) is 0 Å². The van der Waals surface area contributed by atoms with E-state index in [4.69, 9.17) is 9.15 Å². The maximum Gasteiger partial charge on any atom is 0.227 e. The van der Waals surface area contributed by atoms with Gasteiger partial charge in [0, 0.05) is 18.4 Å². The predicted molar refractivity (Wildman–Crippen MR) is 98.9 cm³/mol. The Morgan fingerprint density at radius 1 is 1.18 bits per heavy atom. The van der Waals surface area contributed by atoms with E-state index in [0.29, 0.717) is 22.6 Å². The van der Waals surface area contributed by atoms with Gasteiger partial charge in [-0.2, -0.15) is 0 Å². The third kappa shape index (κ3) is 3.15. The summed E-state index contributed by atoms with van der Waals surface area (Å²) in [6, 6.07) is 11.8. The number of para-hydroxylation sites is 2. The van der Waals surface area contributed by atoms with Crippen LogP contribution in [0.4, 0.5) is 0 Å². The minimum Gasteiger partial charge on any atom is -0.504 e. The lowest BCUT2D eigenvalue weighted by atomic mass is 9.97. The lowest BCUT2D eigenvalue weighted by Crippen LogP contribution is -2.35. The van der Waals surface area contributed by atoms with E-state index in [2.05, 4.69) is 4.98 Å². The largest absolute Gasteiger partial charge is 0.504 e. The molecule has 0 amide bonds. The molecule has 1 atom stereocenters. The Morgan fingerprint density at radius 3 is 2.57 bits per heavy atom. The van der Waals surface area contributed by atoms with Gasteiger partial charge in [0.2, 0.25) is 5.89 Å². The molecule has 28 heavy (non-hydrogen) atoms. The number of nitrogens with zero attached hydrogens (tertiary/aromatic N) is 1. The van der Waals surface area contributed by atoms with E-state index >= 15 is 0 Å². The molecule has 0 radical (unpaired) electrons. The predicted octanol–water partition coefficient (Wildman–Crippen LogP) is 3.09. The van der Waals surface area contributed by atoms with E-state index in [1.807, 2.05) is 18.2 Å². The van der Waals surface area contributed by atoms with Crippen molar-refractivity contribution in [2.45, 2.75) is 25.9 Å². The summed E-state index contributed by atoms with van der Waals surface area (Å²) in [6.45, 7) is 1.45. The summed E-state index contributed by atoms with van der Waals surface area (Å²) >= 11 is 0. The molecule has 7 nitrogen and oxygen atoms in total. The van der Waals surface area contributed by atoms with Crippen LogP contribution in [-0.2, 0) is 14.4 Å². The first-order chi connectivity index (χ1) is 13.4. The Kier molecular flexibility index (Phi) is 4.43.